The van der Waals surface area contributed by atoms with Gasteiger partial charge < -0.3 is 14.2 Å². The molecule has 0 radical (unpaired) electrons. The van der Waals surface area contributed by atoms with Gasteiger partial charge in [-0.3, -0.25) is 0 Å². The summed E-state index contributed by atoms with van der Waals surface area (Å²) in [6, 6.07) is 3.86. The molecule has 120 valence electrons. The van der Waals surface area contributed by atoms with E-state index in [1.54, 1.807) is 21.3 Å². The van der Waals surface area contributed by atoms with Crippen LogP contribution in [0, 0.1) is 0 Å². The molecule has 0 aliphatic rings. The monoisotopic (exact) mass is 302 g/mol. The minimum atomic E-state index is 0.592. The number of hydrogen-bond acceptors (Lipinski definition) is 3. The third-order valence-corrected chi connectivity index (χ3v) is 3.41. The Morgan fingerprint density at radius 2 is 1.64 bits per heavy atom. The largest absolute Gasteiger partial charge is 0.493 e. The Labute approximate surface area is 133 Å². The van der Waals surface area contributed by atoms with Crippen LogP contribution in [-0.4, -0.2) is 21.3 Å². The molecule has 0 saturated heterocycles. The quantitative estimate of drug-likeness (QED) is 0.630. The first kappa shape index (κ1) is 17.9. The maximum atomic E-state index is 5.40. The summed E-state index contributed by atoms with van der Waals surface area (Å²) in [6.07, 6.45) is 8.26. The van der Waals surface area contributed by atoms with Crippen molar-refractivity contribution >= 4 is 5.57 Å². The van der Waals surface area contributed by atoms with Crippen molar-refractivity contribution in [3.05, 3.63) is 48.1 Å². The summed E-state index contributed by atoms with van der Waals surface area (Å²) in [6.45, 7) is 8.21. The molecule has 0 bridgehead atoms. The lowest BCUT2D eigenvalue weighted by Crippen LogP contribution is -1.96. The van der Waals surface area contributed by atoms with Crippen molar-refractivity contribution in [1.82, 2.24) is 0 Å². The Hall–Kier alpha value is -2.16. The van der Waals surface area contributed by atoms with E-state index in [2.05, 4.69) is 32.6 Å². The molecule has 0 fully saturated rings. The SMILES string of the molecule is C=C/C(=C\C=C(\C)CCC)c1cc(OC)c(OC)c(OC)c1. The normalized spacial score (nSPS) is 12.0. The van der Waals surface area contributed by atoms with Crippen molar-refractivity contribution < 1.29 is 14.2 Å². The fourth-order valence-electron chi connectivity index (χ4n) is 2.24. The fourth-order valence-corrected chi connectivity index (χ4v) is 2.24. The fraction of sp³-hybridized carbons (Fsp3) is 0.368. The second-order valence-corrected chi connectivity index (χ2v) is 5.00. The Kier molecular flexibility index (Phi) is 7.30. The topological polar surface area (TPSA) is 27.7 Å². The third-order valence-electron chi connectivity index (χ3n) is 3.41. The van der Waals surface area contributed by atoms with Crippen molar-refractivity contribution in [3.8, 4) is 17.2 Å². The second-order valence-electron chi connectivity index (χ2n) is 5.00. The van der Waals surface area contributed by atoms with Crippen LogP contribution in [0.2, 0.25) is 0 Å². The number of ether oxygens (including phenoxy) is 3. The van der Waals surface area contributed by atoms with Gasteiger partial charge in [0, 0.05) is 0 Å². The minimum absolute atomic E-state index is 0.592. The van der Waals surface area contributed by atoms with E-state index in [1.807, 2.05) is 18.2 Å². The second kappa shape index (κ2) is 8.98. The molecule has 0 atom stereocenters. The Morgan fingerprint density at radius 3 is 2.05 bits per heavy atom. The first-order chi connectivity index (χ1) is 10.6. The van der Waals surface area contributed by atoms with Crippen LogP contribution in [0.4, 0.5) is 0 Å². The van der Waals surface area contributed by atoms with Crippen LogP contribution in [0.15, 0.2) is 42.5 Å². The zero-order chi connectivity index (χ0) is 16.5. The number of hydrogen-bond donors (Lipinski definition) is 0. The Morgan fingerprint density at radius 1 is 1.05 bits per heavy atom. The molecule has 0 heterocycles. The molecular formula is C19H26O3. The summed E-state index contributed by atoms with van der Waals surface area (Å²) in [5, 5.41) is 0. The van der Waals surface area contributed by atoms with Gasteiger partial charge in [-0.1, -0.05) is 43.7 Å². The van der Waals surface area contributed by atoms with Crippen LogP contribution in [0.5, 0.6) is 17.2 Å². The van der Waals surface area contributed by atoms with E-state index in [9.17, 15) is 0 Å². The van der Waals surface area contributed by atoms with E-state index in [0.29, 0.717) is 17.2 Å². The zero-order valence-electron chi connectivity index (χ0n) is 14.2. The van der Waals surface area contributed by atoms with Crippen LogP contribution < -0.4 is 14.2 Å². The van der Waals surface area contributed by atoms with Crippen LogP contribution in [-0.2, 0) is 0 Å². The highest BCUT2D eigenvalue weighted by atomic mass is 16.5. The molecule has 0 spiro atoms. The van der Waals surface area contributed by atoms with Gasteiger partial charge in [-0.2, -0.15) is 0 Å². The van der Waals surface area contributed by atoms with Gasteiger partial charge in [0.05, 0.1) is 21.3 Å². The summed E-state index contributed by atoms with van der Waals surface area (Å²) in [7, 11) is 4.83. The van der Waals surface area contributed by atoms with Crippen LogP contribution in [0.25, 0.3) is 5.57 Å². The molecular weight excluding hydrogens is 276 g/mol. The van der Waals surface area contributed by atoms with Gasteiger partial charge in [0.25, 0.3) is 0 Å². The van der Waals surface area contributed by atoms with Gasteiger partial charge in [0.2, 0.25) is 5.75 Å². The average Bonchev–Trinajstić information content (AvgIpc) is 2.54. The van der Waals surface area contributed by atoms with Crippen molar-refractivity contribution in [2.45, 2.75) is 26.7 Å². The molecule has 0 N–H and O–H groups in total. The molecule has 3 heteroatoms. The van der Waals surface area contributed by atoms with E-state index in [4.69, 9.17) is 14.2 Å². The van der Waals surface area contributed by atoms with Crippen LogP contribution in [0.3, 0.4) is 0 Å². The van der Waals surface area contributed by atoms with E-state index < -0.39 is 0 Å². The lowest BCUT2D eigenvalue weighted by Gasteiger charge is -2.14. The molecule has 1 aromatic rings. The molecule has 0 amide bonds. The highest BCUT2D eigenvalue weighted by molar-refractivity contribution is 5.78. The minimum Gasteiger partial charge on any atom is -0.493 e. The van der Waals surface area contributed by atoms with Gasteiger partial charge in [-0.05, 0) is 36.6 Å². The summed E-state index contributed by atoms with van der Waals surface area (Å²) in [4.78, 5) is 0. The molecule has 0 saturated carbocycles. The van der Waals surface area contributed by atoms with Gasteiger partial charge >= 0.3 is 0 Å². The van der Waals surface area contributed by atoms with Gasteiger partial charge in [0.1, 0.15) is 0 Å². The summed E-state index contributed by atoms with van der Waals surface area (Å²) in [5.74, 6) is 1.87. The lowest BCUT2D eigenvalue weighted by molar-refractivity contribution is 0.324. The van der Waals surface area contributed by atoms with Crippen molar-refractivity contribution in [3.63, 3.8) is 0 Å². The lowest BCUT2D eigenvalue weighted by atomic mass is 10.0. The summed E-state index contributed by atoms with van der Waals surface area (Å²) in [5.41, 5.74) is 3.33. The zero-order valence-corrected chi connectivity index (χ0v) is 14.2. The van der Waals surface area contributed by atoms with Gasteiger partial charge in [-0.15, -0.1) is 0 Å². The molecule has 1 rings (SSSR count). The third kappa shape index (κ3) is 4.42. The van der Waals surface area contributed by atoms with E-state index >= 15 is 0 Å². The predicted molar refractivity (Wildman–Crippen MR) is 92.9 cm³/mol. The standard InChI is InChI=1S/C19H26O3/c1-7-9-14(3)10-11-15(8-2)16-12-17(20-4)19(22-6)18(13-16)21-5/h8,10-13H,2,7,9H2,1,3-6H3/b14-10-,15-11+. The Bertz CT molecular complexity index is 543. The smallest absolute Gasteiger partial charge is 0.203 e. The summed E-state index contributed by atoms with van der Waals surface area (Å²) >= 11 is 0. The van der Waals surface area contributed by atoms with E-state index in [1.165, 1.54) is 5.57 Å². The van der Waals surface area contributed by atoms with Gasteiger partial charge in [0.15, 0.2) is 11.5 Å². The highest BCUT2D eigenvalue weighted by Crippen LogP contribution is 2.40. The van der Waals surface area contributed by atoms with Gasteiger partial charge in [-0.25, -0.2) is 0 Å². The van der Waals surface area contributed by atoms with Crippen LogP contribution >= 0.6 is 0 Å². The number of allylic oxidation sites excluding steroid dienone is 5. The molecule has 1 aromatic carbocycles. The van der Waals surface area contributed by atoms with Crippen molar-refractivity contribution in [2.24, 2.45) is 0 Å². The Balaban J connectivity index is 3.31. The molecule has 0 unspecified atom stereocenters. The average molecular weight is 302 g/mol. The molecule has 0 aliphatic carbocycles. The van der Waals surface area contributed by atoms with Crippen molar-refractivity contribution in [1.29, 1.82) is 0 Å². The maximum absolute atomic E-state index is 5.40. The molecule has 0 aliphatic heterocycles. The number of benzene rings is 1. The summed E-state index contributed by atoms with van der Waals surface area (Å²) < 4.78 is 16.1. The predicted octanol–water partition coefficient (Wildman–Crippen LogP) is 5.03. The molecule has 3 nitrogen and oxygen atoms in total. The van der Waals surface area contributed by atoms with E-state index in [0.717, 1.165) is 24.0 Å². The molecule has 22 heavy (non-hydrogen) atoms. The van der Waals surface area contributed by atoms with Crippen LogP contribution in [0.1, 0.15) is 32.3 Å². The van der Waals surface area contributed by atoms with Crippen molar-refractivity contribution in [2.75, 3.05) is 21.3 Å². The number of methoxy groups -OCH3 is 3. The van der Waals surface area contributed by atoms with E-state index in [-0.39, 0.29) is 0 Å². The first-order valence-electron chi connectivity index (χ1n) is 7.41. The highest BCUT2D eigenvalue weighted by Gasteiger charge is 2.14. The number of rotatable bonds is 8. The first-order valence-corrected chi connectivity index (χ1v) is 7.41. The maximum Gasteiger partial charge on any atom is 0.203 e. The molecule has 0 aromatic heterocycles.